The van der Waals surface area contributed by atoms with Crippen LogP contribution >= 0.6 is 0 Å². The molecule has 176 valence electrons. The number of pyridine rings is 1. The van der Waals surface area contributed by atoms with Crippen molar-refractivity contribution in [2.75, 3.05) is 24.4 Å². The van der Waals surface area contributed by atoms with Crippen LogP contribution in [0.15, 0.2) is 36.5 Å². The van der Waals surface area contributed by atoms with Gasteiger partial charge in [-0.25, -0.2) is 4.98 Å². The number of hydrogen-bond acceptors (Lipinski definition) is 5. The summed E-state index contributed by atoms with van der Waals surface area (Å²) in [6.45, 7) is 3.76. The molecular formula is C27H36N4O2. The number of rotatable bonds is 6. The summed E-state index contributed by atoms with van der Waals surface area (Å²) in [5, 5.41) is 3.50. The number of anilines is 3. The molecule has 2 fully saturated rings. The molecule has 2 aliphatic carbocycles. The Morgan fingerprint density at radius 2 is 2.00 bits per heavy atom. The molecule has 1 aromatic heterocycles. The number of nitrogens with zero attached hydrogens (tertiary/aromatic N) is 3. The molecular weight excluding hydrogens is 412 g/mol. The number of carbonyl (C=O) groups is 1. The molecule has 2 saturated carbocycles. The van der Waals surface area contributed by atoms with Gasteiger partial charge in [0, 0.05) is 37.4 Å². The molecule has 1 unspecified atom stereocenters. The van der Waals surface area contributed by atoms with Crippen molar-refractivity contribution in [1.82, 2.24) is 9.88 Å². The average Bonchev–Trinajstić information content (AvgIpc) is 3.70. The average molecular weight is 449 g/mol. The van der Waals surface area contributed by atoms with Gasteiger partial charge in [-0.3, -0.25) is 9.69 Å². The Kier molecular flexibility index (Phi) is 6.39. The zero-order valence-electron chi connectivity index (χ0n) is 20.1. The van der Waals surface area contributed by atoms with Crippen molar-refractivity contribution in [3.63, 3.8) is 0 Å². The molecule has 2 heterocycles. The largest absolute Gasteiger partial charge is 0.381 e. The number of amides is 1. The Bertz CT molecular complexity index is 997. The van der Waals surface area contributed by atoms with Crippen molar-refractivity contribution in [3.05, 3.63) is 47.7 Å². The fourth-order valence-electron chi connectivity index (χ4n) is 5.40. The first kappa shape index (κ1) is 22.4. The van der Waals surface area contributed by atoms with Crippen LogP contribution in [0.5, 0.6) is 0 Å². The molecule has 0 saturated heterocycles. The number of nitrogens with one attached hydrogen (secondary N) is 1. The molecule has 0 radical (unpaired) electrons. The lowest BCUT2D eigenvalue weighted by atomic mass is 9.86. The second-order valence-corrected chi connectivity index (χ2v) is 10.1. The van der Waals surface area contributed by atoms with E-state index in [1.165, 1.54) is 18.4 Å². The quantitative estimate of drug-likeness (QED) is 0.666. The molecule has 6 nitrogen and oxygen atoms in total. The first-order valence-electron chi connectivity index (χ1n) is 12.4. The van der Waals surface area contributed by atoms with E-state index in [0.717, 1.165) is 60.9 Å². The summed E-state index contributed by atoms with van der Waals surface area (Å²) in [5.74, 6) is 1.94. The number of methoxy groups -OCH3 is 1. The zero-order valence-corrected chi connectivity index (χ0v) is 20.1. The highest BCUT2D eigenvalue weighted by Gasteiger charge is 2.33. The van der Waals surface area contributed by atoms with Crippen molar-refractivity contribution in [3.8, 4) is 0 Å². The minimum atomic E-state index is 0.0451. The lowest BCUT2D eigenvalue weighted by Gasteiger charge is -2.32. The smallest absolute Gasteiger partial charge is 0.230 e. The van der Waals surface area contributed by atoms with E-state index in [1.54, 1.807) is 13.3 Å². The summed E-state index contributed by atoms with van der Waals surface area (Å²) in [5.41, 5.74) is 4.21. The molecule has 1 N–H and O–H groups in total. The van der Waals surface area contributed by atoms with Gasteiger partial charge < -0.3 is 15.0 Å². The van der Waals surface area contributed by atoms with Crippen molar-refractivity contribution in [2.45, 2.75) is 70.7 Å². The van der Waals surface area contributed by atoms with Gasteiger partial charge in [-0.15, -0.1) is 0 Å². The predicted molar refractivity (Wildman–Crippen MR) is 132 cm³/mol. The number of hydrogen-bond donors (Lipinski definition) is 1. The molecule has 6 heteroatoms. The van der Waals surface area contributed by atoms with Gasteiger partial charge in [-0.1, -0.05) is 12.1 Å². The molecule has 5 rings (SSSR count). The Balaban J connectivity index is 1.44. The van der Waals surface area contributed by atoms with Crippen LogP contribution in [0, 0.1) is 11.8 Å². The predicted octanol–water partition coefficient (Wildman–Crippen LogP) is 5.11. The second kappa shape index (κ2) is 9.43. The molecule has 0 bridgehead atoms. The lowest BCUT2D eigenvalue weighted by molar-refractivity contribution is -0.124. The van der Waals surface area contributed by atoms with Crippen LogP contribution in [0.4, 0.5) is 17.2 Å². The Morgan fingerprint density at radius 1 is 1.21 bits per heavy atom. The Morgan fingerprint density at radius 3 is 2.73 bits per heavy atom. The number of fused-ring (bicyclic) bond motifs is 2. The standard InChI is InChI=1S/C27H36N4O2/c1-18(20-7-8-20)30(2)16-19-6-13-24-25(15-19)31(17-22-5-4-14-28-26(22)29-24)27(32)21-9-11-23(33-3)12-10-21/h4-6,13-15,18,20-21,23H,7-12,16-17H2,1-3H3,(H,28,29). The van der Waals surface area contributed by atoms with Crippen molar-refractivity contribution < 1.29 is 9.53 Å². The van der Waals surface area contributed by atoms with E-state index in [0.29, 0.717) is 12.6 Å². The SMILES string of the molecule is COC1CCC(C(=O)N2Cc3cccnc3Nc3ccc(CN(C)C(C)C4CC4)cc32)CC1. The maximum Gasteiger partial charge on any atom is 0.230 e. The summed E-state index contributed by atoms with van der Waals surface area (Å²) in [6, 6.07) is 11.1. The van der Waals surface area contributed by atoms with Gasteiger partial charge in [0.1, 0.15) is 5.82 Å². The Hall–Kier alpha value is -2.44. The summed E-state index contributed by atoms with van der Waals surface area (Å²) >= 11 is 0. The summed E-state index contributed by atoms with van der Waals surface area (Å²) in [4.78, 5) is 22.8. The van der Waals surface area contributed by atoms with E-state index in [-0.39, 0.29) is 17.9 Å². The van der Waals surface area contributed by atoms with Gasteiger partial charge in [0.05, 0.1) is 24.0 Å². The minimum Gasteiger partial charge on any atom is -0.381 e. The topological polar surface area (TPSA) is 57.7 Å². The second-order valence-electron chi connectivity index (χ2n) is 10.1. The molecule has 3 aliphatic rings. The molecule has 2 aromatic rings. The summed E-state index contributed by atoms with van der Waals surface area (Å²) in [7, 11) is 3.99. The highest BCUT2D eigenvalue weighted by molar-refractivity contribution is 5.99. The molecule has 0 spiro atoms. The fraction of sp³-hybridized carbons (Fsp3) is 0.556. The maximum atomic E-state index is 13.8. The van der Waals surface area contributed by atoms with Gasteiger partial charge in [-0.05, 0) is 82.2 Å². The molecule has 1 atom stereocenters. The van der Waals surface area contributed by atoms with Crippen LogP contribution < -0.4 is 10.2 Å². The number of carbonyl (C=O) groups excluding carboxylic acids is 1. The van der Waals surface area contributed by atoms with Gasteiger partial charge in [-0.2, -0.15) is 0 Å². The van der Waals surface area contributed by atoms with E-state index in [4.69, 9.17) is 4.74 Å². The van der Waals surface area contributed by atoms with Gasteiger partial charge in [0.15, 0.2) is 0 Å². The van der Waals surface area contributed by atoms with Crippen LogP contribution in [0.1, 0.15) is 56.6 Å². The third-order valence-corrected chi connectivity index (χ3v) is 7.88. The van der Waals surface area contributed by atoms with Crippen LogP contribution in [-0.4, -0.2) is 42.1 Å². The number of ether oxygens (including phenoxy) is 1. The third-order valence-electron chi connectivity index (χ3n) is 7.88. The van der Waals surface area contributed by atoms with Crippen LogP contribution in [0.3, 0.4) is 0 Å². The van der Waals surface area contributed by atoms with E-state index < -0.39 is 0 Å². The van der Waals surface area contributed by atoms with Gasteiger partial charge >= 0.3 is 0 Å². The number of benzene rings is 1. The maximum absolute atomic E-state index is 13.8. The first-order chi connectivity index (χ1) is 16.0. The fourth-order valence-corrected chi connectivity index (χ4v) is 5.40. The summed E-state index contributed by atoms with van der Waals surface area (Å²) in [6.07, 6.45) is 8.46. The summed E-state index contributed by atoms with van der Waals surface area (Å²) < 4.78 is 5.53. The molecule has 1 aromatic carbocycles. The van der Waals surface area contributed by atoms with Crippen LogP contribution in [-0.2, 0) is 22.6 Å². The highest BCUT2D eigenvalue weighted by atomic mass is 16.5. The minimum absolute atomic E-state index is 0.0451. The van der Waals surface area contributed by atoms with Crippen molar-refractivity contribution in [1.29, 1.82) is 0 Å². The van der Waals surface area contributed by atoms with Gasteiger partial charge in [0.25, 0.3) is 0 Å². The third kappa shape index (κ3) is 4.78. The van der Waals surface area contributed by atoms with E-state index in [1.807, 2.05) is 11.0 Å². The van der Waals surface area contributed by atoms with Gasteiger partial charge in [0.2, 0.25) is 5.91 Å². The normalized spacial score (nSPS) is 23.3. The van der Waals surface area contributed by atoms with Crippen LogP contribution in [0.2, 0.25) is 0 Å². The van der Waals surface area contributed by atoms with Crippen molar-refractivity contribution >= 4 is 23.1 Å². The van der Waals surface area contributed by atoms with Crippen LogP contribution in [0.25, 0.3) is 0 Å². The van der Waals surface area contributed by atoms with E-state index in [9.17, 15) is 4.79 Å². The van der Waals surface area contributed by atoms with E-state index in [2.05, 4.69) is 53.4 Å². The molecule has 33 heavy (non-hydrogen) atoms. The Labute approximate surface area is 197 Å². The first-order valence-corrected chi connectivity index (χ1v) is 12.4. The number of aromatic nitrogens is 1. The monoisotopic (exact) mass is 448 g/mol. The highest BCUT2D eigenvalue weighted by Crippen LogP contribution is 2.39. The molecule has 1 amide bonds. The van der Waals surface area contributed by atoms with E-state index >= 15 is 0 Å². The zero-order chi connectivity index (χ0) is 22.9. The molecule has 1 aliphatic heterocycles. The lowest BCUT2D eigenvalue weighted by Crippen LogP contribution is -2.38. The van der Waals surface area contributed by atoms with Crippen molar-refractivity contribution in [2.24, 2.45) is 11.8 Å².